The Morgan fingerprint density at radius 3 is 2.30 bits per heavy atom. The van der Waals surface area contributed by atoms with E-state index in [0.717, 1.165) is 55.0 Å². The van der Waals surface area contributed by atoms with Crippen molar-refractivity contribution in [1.29, 1.82) is 0 Å². The van der Waals surface area contributed by atoms with Crippen molar-refractivity contribution < 1.29 is 24.0 Å². The molecule has 0 bridgehead atoms. The number of piperidine rings is 1. The summed E-state index contributed by atoms with van der Waals surface area (Å²) in [6.07, 6.45) is 11.6. The van der Waals surface area contributed by atoms with Crippen LogP contribution < -0.4 is 20.8 Å². The van der Waals surface area contributed by atoms with Crippen LogP contribution in [-0.4, -0.2) is 71.1 Å². The molecule has 0 saturated carbocycles. The summed E-state index contributed by atoms with van der Waals surface area (Å²) < 4.78 is 1.65. The first-order chi connectivity index (χ1) is 22.2. The molecule has 46 heavy (non-hydrogen) atoms. The number of amides is 4. The molecule has 0 radical (unpaired) electrons. The van der Waals surface area contributed by atoms with Gasteiger partial charge in [0, 0.05) is 24.5 Å². The maximum Gasteiger partial charge on any atom is 0.246 e. The lowest BCUT2D eigenvalue weighted by atomic mass is 9.93. The van der Waals surface area contributed by atoms with Crippen molar-refractivity contribution in [3.63, 3.8) is 0 Å². The summed E-state index contributed by atoms with van der Waals surface area (Å²) in [6, 6.07) is 4.49. The Bertz CT molecular complexity index is 1340. The third-order valence-electron chi connectivity index (χ3n) is 10.3. The van der Waals surface area contributed by atoms with E-state index in [1.807, 2.05) is 44.3 Å². The molecule has 3 heterocycles. The van der Waals surface area contributed by atoms with Gasteiger partial charge in [-0.25, -0.2) is 0 Å². The Balaban J connectivity index is 1.65. The van der Waals surface area contributed by atoms with Gasteiger partial charge in [-0.3, -0.25) is 19.2 Å². The summed E-state index contributed by atoms with van der Waals surface area (Å²) in [6.45, 7) is 8.82. The van der Waals surface area contributed by atoms with Crippen LogP contribution in [0.15, 0.2) is 30.5 Å². The smallest absolute Gasteiger partial charge is 0.246 e. The number of para-hydroxylation sites is 1. The van der Waals surface area contributed by atoms with E-state index in [0.29, 0.717) is 31.7 Å². The summed E-state index contributed by atoms with van der Waals surface area (Å²) in [5.41, 5.74) is 1.68. The molecular formula is C36H55N5O5. The molecule has 2 saturated heterocycles. The Morgan fingerprint density at radius 2 is 1.59 bits per heavy atom. The minimum atomic E-state index is -0.964. The SMILES string of the molecule is CCC(CC)CCCCC[C@@H]1NC(=O)[C@H]2CCCCN2C(=O)[C@H](C(C)CC)NC(=O)[C@H](Cc2cn(OC)c3ccccc23)NC1=O. The summed E-state index contributed by atoms with van der Waals surface area (Å²) >= 11 is 0. The van der Waals surface area contributed by atoms with Gasteiger partial charge in [0.15, 0.2) is 0 Å². The van der Waals surface area contributed by atoms with Crippen LogP contribution in [0.3, 0.4) is 0 Å². The fourth-order valence-corrected chi connectivity index (χ4v) is 7.01. The molecule has 0 spiro atoms. The third-order valence-corrected chi connectivity index (χ3v) is 10.3. The highest BCUT2D eigenvalue weighted by molar-refractivity contribution is 5.98. The minimum Gasteiger partial charge on any atom is -0.417 e. The van der Waals surface area contributed by atoms with E-state index < -0.39 is 30.1 Å². The fourth-order valence-electron chi connectivity index (χ4n) is 7.01. The van der Waals surface area contributed by atoms with Crippen LogP contribution in [0.4, 0.5) is 0 Å². The van der Waals surface area contributed by atoms with E-state index in [-0.39, 0.29) is 30.1 Å². The van der Waals surface area contributed by atoms with E-state index >= 15 is 0 Å². The molecule has 3 N–H and O–H groups in total. The zero-order valence-corrected chi connectivity index (χ0v) is 28.5. The maximum atomic E-state index is 14.1. The van der Waals surface area contributed by atoms with Gasteiger partial charge in [0.25, 0.3) is 0 Å². The summed E-state index contributed by atoms with van der Waals surface area (Å²) in [5, 5.41) is 9.96. The first-order valence-electron chi connectivity index (χ1n) is 17.6. The highest BCUT2D eigenvalue weighted by atomic mass is 16.6. The number of benzene rings is 1. The molecule has 4 rings (SSSR count). The quantitative estimate of drug-likeness (QED) is 0.279. The second kappa shape index (κ2) is 16.8. The number of rotatable bonds is 13. The third kappa shape index (κ3) is 8.42. The molecule has 10 heteroatoms. The largest absolute Gasteiger partial charge is 0.417 e. The number of nitrogens with zero attached hydrogens (tertiary/aromatic N) is 2. The molecule has 0 aliphatic carbocycles. The molecule has 1 aromatic carbocycles. The van der Waals surface area contributed by atoms with Crippen molar-refractivity contribution >= 4 is 34.5 Å². The van der Waals surface area contributed by atoms with Crippen molar-refractivity contribution in [2.75, 3.05) is 13.7 Å². The zero-order chi connectivity index (χ0) is 33.2. The van der Waals surface area contributed by atoms with Crippen LogP contribution in [0.5, 0.6) is 0 Å². The first kappa shape index (κ1) is 35.3. The zero-order valence-electron chi connectivity index (χ0n) is 28.5. The standard InChI is InChI=1S/C36H55N5O5/c1-6-24(4)32-36(45)40-21-15-14-20-31(40)35(44)37-28(18-11-9-10-16-25(7-2)8-3)33(42)38-29(34(43)39-32)22-26-23-41(46-5)30-19-13-12-17-27(26)30/h12-13,17,19,23-25,28-29,31-32H,6-11,14-16,18,20-22H2,1-5H3,(H,37,44)(H,38,42)(H,39,43)/t24?,28-,29-,31+,32-/m0/s1. The summed E-state index contributed by atoms with van der Waals surface area (Å²) in [7, 11) is 1.58. The fraction of sp³-hybridized carbons (Fsp3) is 0.667. The van der Waals surface area contributed by atoms with Gasteiger partial charge in [-0.05, 0) is 49.1 Å². The lowest BCUT2D eigenvalue weighted by molar-refractivity contribution is -0.147. The molecule has 1 unspecified atom stereocenters. The molecule has 2 aliphatic heterocycles. The number of hydrogen-bond donors (Lipinski definition) is 3. The Hall–Kier alpha value is -3.56. The number of carbonyl (C=O) groups is 4. The van der Waals surface area contributed by atoms with Crippen LogP contribution in [0.25, 0.3) is 10.9 Å². The molecule has 2 aliphatic rings. The van der Waals surface area contributed by atoms with Crippen LogP contribution in [-0.2, 0) is 25.6 Å². The predicted molar refractivity (Wildman–Crippen MR) is 180 cm³/mol. The number of nitrogens with one attached hydrogen (secondary N) is 3. The first-order valence-corrected chi connectivity index (χ1v) is 17.6. The second-order valence-corrected chi connectivity index (χ2v) is 13.2. The van der Waals surface area contributed by atoms with Gasteiger partial charge in [0.05, 0.1) is 5.52 Å². The molecule has 5 atom stereocenters. The Labute approximate surface area is 274 Å². The van der Waals surface area contributed by atoms with Crippen LogP contribution in [0.1, 0.15) is 104 Å². The predicted octanol–water partition coefficient (Wildman–Crippen LogP) is 4.52. The van der Waals surface area contributed by atoms with E-state index in [2.05, 4.69) is 29.8 Å². The van der Waals surface area contributed by atoms with Crippen molar-refractivity contribution in [2.24, 2.45) is 11.8 Å². The minimum absolute atomic E-state index is 0.162. The van der Waals surface area contributed by atoms with E-state index in [4.69, 9.17) is 4.84 Å². The van der Waals surface area contributed by atoms with E-state index in [1.165, 1.54) is 12.8 Å². The van der Waals surface area contributed by atoms with Crippen molar-refractivity contribution in [3.8, 4) is 0 Å². The lowest BCUT2D eigenvalue weighted by Gasteiger charge is -2.39. The highest BCUT2D eigenvalue weighted by Gasteiger charge is 2.40. The maximum absolute atomic E-state index is 14.1. The van der Waals surface area contributed by atoms with Crippen LogP contribution in [0.2, 0.25) is 0 Å². The van der Waals surface area contributed by atoms with Gasteiger partial charge >= 0.3 is 0 Å². The number of hydrogen-bond acceptors (Lipinski definition) is 5. The van der Waals surface area contributed by atoms with Gasteiger partial charge in [-0.1, -0.05) is 90.8 Å². The molecule has 2 aromatic rings. The topological polar surface area (TPSA) is 122 Å². The number of aromatic nitrogens is 1. The van der Waals surface area contributed by atoms with Gasteiger partial charge in [0.2, 0.25) is 23.6 Å². The number of fused-ring (bicyclic) bond motifs is 2. The van der Waals surface area contributed by atoms with E-state index in [1.54, 1.807) is 16.7 Å². The molecule has 1 aromatic heterocycles. The molecule has 10 nitrogen and oxygen atoms in total. The Kier molecular flexibility index (Phi) is 12.9. The van der Waals surface area contributed by atoms with Gasteiger partial charge in [-0.15, -0.1) is 0 Å². The van der Waals surface area contributed by atoms with Gasteiger partial charge in [0.1, 0.15) is 31.3 Å². The molecule has 4 amide bonds. The van der Waals surface area contributed by atoms with E-state index in [9.17, 15) is 19.2 Å². The van der Waals surface area contributed by atoms with Crippen molar-refractivity contribution in [2.45, 2.75) is 129 Å². The molecular weight excluding hydrogens is 582 g/mol. The normalized spacial score (nSPS) is 23.7. The molecule has 2 fully saturated rings. The number of unbranched alkanes of at least 4 members (excludes halogenated alkanes) is 2. The van der Waals surface area contributed by atoms with Gasteiger partial charge in [-0.2, -0.15) is 4.73 Å². The molecule has 254 valence electrons. The summed E-state index contributed by atoms with van der Waals surface area (Å²) in [5.74, 6) is -0.767. The highest BCUT2D eigenvalue weighted by Crippen LogP contribution is 2.25. The average Bonchev–Trinajstić information content (AvgIpc) is 3.43. The van der Waals surface area contributed by atoms with Gasteiger partial charge < -0.3 is 25.7 Å². The number of carbonyl (C=O) groups excluding carboxylic acids is 4. The van der Waals surface area contributed by atoms with Crippen LogP contribution in [0, 0.1) is 11.8 Å². The summed E-state index contributed by atoms with van der Waals surface area (Å²) in [4.78, 5) is 63.2. The average molecular weight is 638 g/mol. The van der Waals surface area contributed by atoms with Crippen molar-refractivity contribution in [1.82, 2.24) is 25.6 Å². The second-order valence-electron chi connectivity index (χ2n) is 13.2. The van der Waals surface area contributed by atoms with Crippen LogP contribution >= 0.6 is 0 Å². The Morgan fingerprint density at radius 1 is 0.870 bits per heavy atom. The lowest BCUT2D eigenvalue weighted by Crippen LogP contribution is -2.64. The van der Waals surface area contributed by atoms with Crippen molar-refractivity contribution in [3.05, 3.63) is 36.0 Å². The monoisotopic (exact) mass is 637 g/mol.